The largest absolute Gasteiger partial charge is 0.300 e. The molecule has 1 rings (SSSR count). The molecule has 0 amide bonds. The van der Waals surface area contributed by atoms with E-state index >= 15 is 0 Å². The van der Waals surface area contributed by atoms with E-state index in [4.69, 9.17) is 0 Å². The van der Waals surface area contributed by atoms with Gasteiger partial charge in [0.15, 0.2) is 0 Å². The number of aromatic nitrogens is 3. The molecule has 1 aromatic rings. The highest BCUT2D eigenvalue weighted by atomic mass is 15.4. The highest BCUT2D eigenvalue weighted by Gasteiger charge is 1.94. The van der Waals surface area contributed by atoms with Gasteiger partial charge in [-0.1, -0.05) is 5.21 Å². The predicted octanol–water partition coefficient (Wildman–Crippen LogP) is 0.101. The van der Waals surface area contributed by atoms with E-state index in [-0.39, 0.29) is 0 Å². The van der Waals surface area contributed by atoms with E-state index < -0.39 is 0 Å². The Bertz CT molecular complexity index is 265. The molecular weight excluding hydrogens is 154 g/mol. The molecule has 0 spiro atoms. The van der Waals surface area contributed by atoms with Gasteiger partial charge in [0, 0.05) is 20.6 Å². The maximum Gasteiger partial charge on any atom is 0.101 e. The second kappa shape index (κ2) is 3.85. The molecule has 0 atom stereocenters. The highest BCUT2D eigenvalue weighted by molar-refractivity contribution is 5.76. The highest BCUT2D eigenvalue weighted by Crippen LogP contribution is 1.89. The maximum atomic E-state index is 4.15. The van der Waals surface area contributed by atoms with Gasteiger partial charge in [0.05, 0.1) is 12.4 Å². The Kier molecular flexibility index (Phi) is 2.79. The van der Waals surface area contributed by atoms with Crippen LogP contribution in [0, 0.1) is 0 Å². The van der Waals surface area contributed by atoms with Gasteiger partial charge in [-0.05, 0) is 6.92 Å². The zero-order valence-corrected chi connectivity index (χ0v) is 7.60. The molecule has 0 radical (unpaired) electrons. The van der Waals surface area contributed by atoms with Crippen LogP contribution < -0.4 is 0 Å². The lowest BCUT2D eigenvalue weighted by atomic mass is 10.5. The third kappa shape index (κ3) is 2.05. The van der Waals surface area contributed by atoms with Gasteiger partial charge in [-0.25, -0.2) is 4.68 Å². The van der Waals surface area contributed by atoms with Crippen LogP contribution in [0.1, 0.15) is 12.6 Å². The Hall–Kier alpha value is -1.39. The minimum atomic E-state index is 0.891. The number of aryl methyl sites for hydroxylation is 1. The lowest BCUT2D eigenvalue weighted by Crippen LogP contribution is -2.10. The van der Waals surface area contributed by atoms with Gasteiger partial charge >= 0.3 is 0 Å². The fourth-order valence-corrected chi connectivity index (χ4v) is 0.654. The van der Waals surface area contributed by atoms with Crippen LogP contribution in [0.2, 0.25) is 0 Å². The van der Waals surface area contributed by atoms with E-state index in [1.165, 1.54) is 0 Å². The minimum absolute atomic E-state index is 0.891. The van der Waals surface area contributed by atoms with Crippen molar-refractivity contribution in [2.45, 2.75) is 6.92 Å². The van der Waals surface area contributed by atoms with E-state index in [0.29, 0.717) is 0 Å². The molecule has 0 aromatic carbocycles. The molecule has 66 valence electrons. The Labute approximate surface area is 71.7 Å². The fourth-order valence-electron chi connectivity index (χ4n) is 0.654. The van der Waals surface area contributed by atoms with Crippen LogP contribution in [-0.2, 0) is 7.05 Å². The zero-order chi connectivity index (χ0) is 8.97. The molecule has 0 fully saturated rings. The second-order valence-corrected chi connectivity index (χ2v) is 2.50. The lowest BCUT2D eigenvalue weighted by molar-refractivity contribution is 0.377. The molecule has 1 heterocycles. The molecular formula is C7H13N5. The first-order valence-electron chi connectivity index (χ1n) is 3.84. The van der Waals surface area contributed by atoms with E-state index in [9.17, 15) is 0 Å². The van der Waals surface area contributed by atoms with Crippen LogP contribution >= 0.6 is 0 Å². The molecule has 12 heavy (non-hydrogen) atoms. The number of hydrazone groups is 1. The molecule has 5 nitrogen and oxygen atoms in total. The Morgan fingerprint density at radius 3 is 3.00 bits per heavy atom. The lowest BCUT2D eigenvalue weighted by Gasteiger charge is -2.07. The Morgan fingerprint density at radius 1 is 1.75 bits per heavy atom. The van der Waals surface area contributed by atoms with Crippen molar-refractivity contribution in [3.05, 3.63) is 11.9 Å². The summed E-state index contributed by atoms with van der Waals surface area (Å²) in [5.41, 5.74) is 0.898. The summed E-state index contributed by atoms with van der Waals surface area (Å²) in [6.07, 6.45) is 3.41. The molecule has 0 saturated carbocycles. The normalized spacial score (nSPS) is 10.9. The monoisotopic (exact) mass is 167 g/mol. The first-order chi connectivity index (χ1) is 5.74. The van der Waals surface area contributed by atoms with Crippen molar-refractivity contribution >= 4 is 6.21 Å². The van der Waals surface area contributed by atoms with Crippen LogP contribution in [0.4, 0.5) is 0 Å². The van der Waals surface area contributed by atoms with Crippen LogP contribution in [0.25, 0.3) is 0 Å². The van der Waals surface area contributed by atoms with Crippen molar-refractivity contribution in [3.8, 4) is 0 Å². The quantitative estimate of drug-likeness (QED) is 0.474. The van der Waals surface area contributed by atoms with Crippen LogP contribution in [0.3, 0.4) is 0 Å². The van der Waals surface area contributed by atoms with Gasteiger partial charge in [0.1, 0.15) is 5.69 Å². The van der Waals surface area contributed by atoms with Gasteiger partial charge in [-0.15, -0.1) is 5.10 Å². The predicted molar refractivity (Wildman–Crippen MR) is 46.9 cm³/mol. The molecule has 0 aliphatic rings. The van der Waals surface area contributed by atoms with Crippen molar-refractivity contribution in [2.24, 2.45) is 12.1 Å². The summed E-state index contributed by atoms with van der Waals surface area (Å²) >= 11 is 0. The number of nitrogens with zero attached hydrogens (tertiary/aromatic N) is 5. The van der Waals surface area contributed by atoms with Crippen molar-refractivity contribution in [2.75, 3.05) is 13.6 Å². The number of hydrogen-bond donors (Lipinski definition) is 0. The third-order valence-corrected chi connectivity index (χ3v) is 1.59. The smallest absolute Gasteiger partial charge is 0.101 e. The van der Waals surface area contributed by atoms with Crippen LogP contribution in [0.5, 0.6) is 0 Å². The summed E-state index contributed by atoms with van der Waals surface area (Å²) in [6, 6.07) is 0. The summed E-state index contributed by atoms with van der Waals surface area (Å²) in [7, 11) is 3.75. The van der Waals surface area contributed by atoms with E-state index in [2.05, 4.69) is 15.4 Å². The van der Waals surface area contributed by atoms with Crippen molar-refractivity contribution < 1.29 is 0 Å². The van der Waals surface area contributed by atoms with Crippen LogP contribution in [0.15, 0.2) is 11.3 Å². The summed E-state index contributed by atoms with van der Waals surface area (Å²) in [6.45, 7) is 2.93. The molecule has 0 unspecified atom stereocenters. The van der Waals surface area contributed by atoms with Gasteiger partial charge in [-0.3, -0.25) is 0 Å². The topological polar surface area (TPSA) is 46.3 Å². The first-order valence-corrected chi connectivity index (χ1v) is 3.84. The maximum absolute atomic E-state index is 4.15. The van der Waals surface area contributed by atoms with Crippen molar-refractivity contribution in [1.29, 1.82) is 0 Å². The molecule has 0 aliphatic carbocycles. The second-order valence-electron chi connectivity index (χ2n) is 2.50. The van der Waals surface area contributed by atoms with Gasteiger partial charge in [0.2, 0.25) is 0 Å². The molecule has 0 saturated heterocycles. The molecule has 0 aliphatic heterocycles. The third-order valence-electron chi connectivity index (χ3n) is 1.59. The van der Waals surface area contributed by atoms with E-state index in [1.807, 2.05) is 26.0 Å². The minimum Gasteiger partial charge on any atom is -0.300 e. The van der Waals surface area contributed by atoms with E-state index in [1.54, 1.807) is 17.1 Å². The summed E-state index contributed by atoms with van der Waals surface area (Å²) in [5.74, 6) is 0. The van der Waals surface area contributed by atoms with Crippen molar-refractivity contribution in [3.63, 3.8) is 0 Å². The van der Waals surface area contributed by atoms with Gasteiger partial charge < -0.3 is 5.01 Å². The zero-order valence-electron chi connectivity index (χ0n) is 7.60. The standard InChI is InChI=1S/C7H13N5/c1-4-11(2)9-6-7-5-8-10-12(7)3/h5-6H,4H2,1-3H3/b9-6+. The average Bonchev–Trinajstić information content (AvgIpc) is 2.47. The fraction of sp³-hybridized carbons (Fsp3) is 0.571. The molecule has 0 N–H and O–H groups in total. The summed E-state index contributed by atoms with van der Waals surface area (Å²) in [4.78, 5) is 0. The van der Waals surface area contributed by atoms with Gasteiger partial charge in [-0.2, -0.15) is 5.10 Å². The van der Waals surface area contributed by atoms with Gasteiger partial charge in [0.25, 0.3) is 0 Å². The Morgan fingerprint density at radius 2 is 2.50 bits per heavy atom. The van der Waals surface area contributed by atoms with Crippen LogP contribution in [-0.4, -0.2) is 39.8 Å². The Balaban J connectivity index is 2.63. The average molecular weight is 167 g/mol. The summed E-state index contributed by atoms with van der Waals surface area (Å²) < 4.78 is 1.67. The summed E-state index contributed by atoms with van der Waals surface area (Å²) in [5, 5.41) is 13.5. The SMILES string of the molecule is CCN(C)/N=C/c1cnnn1C. The molecule has 1 aromatic heterocycles. The number of rotatable bonds is 3. The van der Waals surface area contributed by atoms with Crippen molar-refractivity contribution in [1.82, 2.24) is 20.0 Å². The first kappa shape index (κ1) is 8.70. The van der Waals surface area contributed by atoms with E-state index in [0.717, 1.165) is 12.2 Å². The number of hydrogen-bond acceptors (Lipinski definition) is 4. The molecule has 5 heteroatoms. The molecule has 0 bridgehead atoms.